The Morgan fingerprint density at radius 1 is 1.17 bits per heavy atom. The number of piperidine rings is 1. The minimum Gasteiger partial charge on any atom is -0.462 e. The molecular formula is C25H24N4O5S. The maximum Gasteiger partial charge on any atom is 0.338 e. The minimum absolute atomic E-state index is 0.111. The van der Waals surface area contributed by atoms with Crippen molar-refractivity contribution in [2.75, 3.05) is 24.6 Å². The average Bonchev–Trinajstić information content (AvgIpc) is 3.20. The largest absolute Gasteiger partial charge is 0.462 e. The van der Waals surface area contributed by atoms with Gasteiger partial charge in [0.05, 0.1) is 33.9 Å². The molecule has 0 bridgehead atoms. The molecule has 0 unspecified atom stereocenters. The van der Waals surface area contributed by atoms with E-state index in [-0.39, 0.29) is 24.4 Å². The number of hydrogen-bond donors (Lipinski definition) is 0. The molecule has 1 aliphatic rings. The van der Waals surface area contributed by atoms with Crippen LogP contribution in [0.2, 0.25) is 0 Å². The van der Waals surface area contributed by atoms with Crippen LogP contribution in [-0.2, 0) is 11.3 Å². The van der Waals surface area contributed by atoms with Gasteiger partial charge in [-0.15, -0.1) is 6.42 Å². The van der Waals surface area contributed by atoms with Gasteiger partial charge in [-0.25, -0.2) is 4.79 Å². The second-order valence-corrected chi connectivity index (χ2v) is 9.01. The number of benzene rings is 2. The van der Waals surface area contributed by atoms with Gasteiger partial charge in [-0.1, -0.05) is 17.3 Å². The van der Waals surface area contributed by atoms with Gasteiger partial charge in [0.15, 0.2) is 4.80 Å². The van der Waals surface area contributed by atoms with E-state index in [0.717, 1.165) is 37.9 Å². The van der Waals surface area contributed by atoms with Crippen LogP contribution in [0.15, 0.2) is 41.4 Å². The SMILES string of the molecule is C#CCn1c(=NC(=O)c2ccc(N3CCCCC3)c([N+](=O)[O-])c2)sc2cc(C(=O)OCC)ccc21. The first-order chi connectivity index (χ1) is 16.9. The summed E-state index contributed by atoms with van der Waals surface area (Å²) in [5.74, 6) is 1.50. The van der Waals surface area contributed by atoms with Gasteiger partial charge in [0, 0.05) is 24.7 Å². The first-order valence-corrected chi connectivity index (χ1v) is 12.1. The lowest BCUT2D eigenvalue weighted by Gasteiger charge is -2.28. The van der Waals surface area contributed by atoms with Crippen LogP contribution in [0.3, 0.4) is 0 Å². The molecule has 0 atom stereocenters. The number of hydrogen-bond acceptors (Lipinski definition) is 7. The third kappa shape index (κ3) is 5.10. The van der Waals surface area contributed by atoms with E-state index in [1.807, 2.05) is 4.90 Å². The molecule has 1 aromatic heterocycles. The normalized spacial score (nSPS) is 14.1. The molecule has 0 saturated carbocycles. The molecule has 1 saturated heterocycles. The standard InChI is InChI=1S/C25H24N4O5S/c1-3-12-28-20-11-9-18(24(31)34-4-2)16-22(20)35-25(28)26-23(30)17-8-10-19(21(15-17)29(32)33)27-13-6-5-7-14-27/h1,8-11,15-16H,4-7,12-14H2,2H3. The summed E-state index contributed by atoms with van der Waals surface area (Å²) >= 11 is 1.20. The number of carbonyl (C=O) groups is 2. The number of nitro groups is 1. The summed E-state index contributed by atoms with van der Waals surface area (Å²) in [4.78, 5) is 43.0. The van der Waals surface area contributed by atoms with Gasteiger partial charge in [-0.3, -0.25) is 14.9 Å². The second-order valence-electron chi connectivity index (χ2n) is 8.00. The lowest BCUT2D eigenvalue weighted by molar-refractivity contribution is -0.384. The number of terminal acetylenes is 1. The molecule has 0 N–H and O–H groups in total. The summed E-state index contributed by atoms with van der Waals surface area (Å²) in [5, 5.41) is 11.8. The molecule has 2 heterocycles. The zero-order valence-electron chi connectivity index (χ0n) is 19.2. The Morgan fingerprint density at radius 2 is 1.91 bits per heavy atom. The van der Waals surface area contributed by atoms with Gasteiger partial charge in [-0.05, 0) is 56.5 Å². The quantitative estimate of drug-likeness (QED) is 0.221. The van der Waals surface area contributed by atoms with Gasteiger partial charge >= 0.3 is 5.97 Å². The van der Waals surface area contributed by atoms with Crippen LogP contribution in [-0.4, -0.2) is 41.1 Å². The molecule has 180 valence electrons. The smallest absolute Gasteiger partial charge is 0.338 e. The number of rotatable bonds is 6. The topological polar surface area (TPSA) is 107 Å². The monoisotopic (exact) mass is 492 g/mol. The molecule has 35 heavy (non-hydrogen) atoms. The number of ether oxygens (including phenoxy) is 1. The van der Waals surface area contributed by atoms with Crippen LogP contribution in [0, 0.1) is 22.5 Å². The van der Waals surface area contributed by atoms with Crippen LogP contribution in [0.25, 0.3) is 10.2 Å². The number of anilines is 1. The zero-order valence-corrected chi connectivity index (χ0v) is 20.0. The Morgan fingerprint density at radius 3 is 2.60 bits per heavy atom. The predicted octanol–water partition coefficient (Wildman–Crippen LogP) is 4.15. The molecule has 0 aliphatic carbocycles. The molecule has 10 heteroatoms. The number of nitrogens with zero attached hydrogens (tertiary/aromatic N) is 4. The fourth-order valence-electron chi connectivity index (χ4n) is 4.10. The Kier molecular flexibility index (Phi) is 7.27. The van der Waals surface area contributed by atoms with E-state index in [2.05, 4.69) is 10.9 Å². The van der Waals surface area contributed by atoms with E-state index in [1.54, 1.807) is 41.8 Å². The van der Waals surface area contributed by atoms with Crippen molar-refractivity contribution in [1.29, 1.82) is 0 Å². The van der Waals surface area contributed by atoms with E-state index >= 15 is 0 Å². The number of amides is 1. The zero-order chi connectivity index (χ0) is 24.9. The first-order valence-electron chi connectivity index (χ1n) is 11.3. The Bertz CT molecular complexity index is 1410. The molecule has 1 aliphatic heterocycles. The highest BCUT2D eigenvalue weighted by molar-refractivity contribution is 7.16. The van der Waals surface area contributed by atoms with Crippen molar-refractivity contribution < 1.29 is 19.2 Å². The van der Waals surface area contributed by atoms with Gasteiger partial charge in [0.2, 0.25) is 0 Å². The van der Waals surface area contributed by atoms with Crippen LogP contribution in [0.4, 0.5) is 11.4 Å². The maximum absolute atomic E-state index is 13.0. The first kappa shape index (κ1) is 24.2. The van der Waals surface area contributed by atoms with Crippen LogP contribution in [0.1, 0.15) is 46.9 Å². The number of thiazole rings is 1. The summed E-state index contributed by atoms with van der Waals surface area (Å²) in [6.45, 7) is 3.66. The number of esters is 1. The molecule has 3 aromatic rings. The van der Waals surface area contributed by atoms with E-state index in [9.17, 15) is 19.7 Å². The lowest BCUT2D eigenvalue weighted by atomic mass is 10.1. The fourth-order valence-corrected chi connectivity index (χ4v) is 5.17. The molecular weight excluding hydrogens is 468 g/mol. The van der Waals surface area contributed by atoms with E-state index in [0.29, 0.717) is 20.8 Å². The van der Waals surface area contributed by atoms with Crippen molar-refractivity contribution in [3.63, 3.8) is 0 Å². The summed E-state index contributed by atoms with van der Waals surface area (Å²) in [7, 11) is 0. The van der Waals surface area contributed by atoms with Gasteiger partial charge in [0.25, 0.3) is 11.6 Å². The Balaban J connectivity index is 1.74. The van der Waals surface area contributed by atoms with E-state index < -0.39 is 16.8 Å². The second kappa shape index (κ2) is 10.5. The number of nitro benzene ring substituents is 1. The molecule has 2 aromatic carbocycles. The number of fused-ring (bicyclic) bond motifs is 1. The van der Waals surface area contributed by atoms with Crippen molar-refractivity contribution >= 4 is 44.8 Å². The highest BCUT2D eigenvalue weighted by Crippen LogP contribution is 2.31. The van der Waals surface area contributed by atoms with Crippen LogP contribution in [0.5, 0.6) is 0 Å². The van der Waals surface area contributed by atoms with E-state index in [1.165, 1.54) is 17.4 Å². The van der Waals surface area contributed by atoms with E-state index in [4.69, 9.17) is 11.2 Å². The number of carbonyl (C=O) groups excluding carboxylic acids is 2. The van der Waals surface area contributed by atoms with Crippen LogP contribution >= 0.6 is 11.3 Å². The Hall–Kier alpha value is -3.97. The highest BCUT2D eigenvalue weighted by atomic mass is 32.1. The summed E-state index contributed by atoms with van der Waals surface area (Å²) in [5.41, 5.74) is 1.63. The number of aromatic nitrogens is 1. The molecule has 1 fully saturated rings. The van der Waals surface area contributed by atoms with Crippen molar-refractivity contribution in [3.05, 3.63) is 62.4 Å². The molecule has 9 nitrogen and oxygen atoms in total. The predicted molar refractivity (Wildman–Crippen MR) is 134 cm³/mol. The van der Waals surface area contributed by atoms with Gasteiger partial charge < -0.3 is 14.2 Å². The van der Waals surface area contributed by atoms with Crippen molar-refractivity contribution in [3.8, 4) is 12.3 Å². The molecule has 0 spiro atoms. The average molecular weight is 493 g/mol. The van der Waals surface area contributed by atoms with Crippen molar-refractivity contribution in [2.45, 2.75) is 32.7 Å². The van der Waals surface area contributed by atoms with Crippen molar-refractivity contribution in [2.24, 2.45) is 4.99 Å². The third-order valence-electron chi connectivity index (χ3n) is 5.76. The maximum atomic E-state index is 13.0. The summed E-state index contributed by atoms with van der Waals surface area (Å²) in [6.07, 6.45) is 8.60. The molecule has 1 amide bonds. The highest BCUT2D eigenvalue weighted by Gasteiger charge is 2.23. The van der Waals surface area contributed by atoms with Gasteiger partial charge in [0.1, 0.15) is 5.69 Å². The summed E-state index contributed by atoms with van der Waals surface area (Å²) < 4.78 is 7.47. The third-order valence-corrected chi connectivity index (χ3v) is 6.80. The fraction of sp³-hybridized carbons (Fsp3) is 0.320. The summed E-state index contributed by atoms with van der Waals surface area (Å²) in [6, 6.07) is 9.52. The van der Waals surface area contributed by atoms with Crippen LogP contribution < -0.4 is 9.70 Å². The molecule has 0 radical (unpaired) electrons. The lowest BCUT2D eigenvalue weighted by Crippen LogP contribution is -2.30. The Labute approximate surface area is 205 Å². The van der Waals surface area contributed by atoms with Gasteiger partial charge in [-0.2, -0.15) is 4.99 Å². The minimum atomic E-state index is -0.610. The van der Waals surface area contributed by atoms with Crippen molar-refractivity contribution in [1.82, 2.24) is 4.57 Å². The molecule has 4 rings (SSSR count).